The zero-order chi connectivity index (χ0) is 10.5. The second-order valence-corrected chi connectivity index (χ2v) is 4.19. The van der Waals surface area contributed by atoms with Crippen molar-refractivity contribution in [3.05, 3.63) is 20.1 Å². The third kappa shape index (κ3) is 9.08. The molecule has 0 aromatic heterocycles. The number of nitrogens with one attached hydrogen (secondary N) is 1. The van der Waals surface area contributed by atoms with Crippen molar-refractivity contribution in [3.8, 4) is 0 Å². The molecule has 5 nitrogen and oxygen atoms in total. The first-order valence-corrected chi connectivity index (χ1v) is 5.29. The van der Waals surface area contributed by atoms with Crippen molar-refractivity contribution in [2.75, 3.05) is 5.75 Å². The molecule has 82 valence electrons. The highest BCUT2D eigenvalue weighted by Crippen LogP contribution is 1.94. The van der Waals surface area contributed by atoms with E-state index in [-0.39, 0.29) is 25.8 Å². The van der Waals surface area contributed by atoms with Gasteiger partial charge in [-0.1, -0.05) is 6.58 Å². The molecule has 0 saturated carbocycles. The minimum Gasteiger partial charge on any atom is -0.748 e. The average Bonchev–Trinajstić information content (AvgIpc) is 1.99. The first kappa shape index (κ1) is 15.5. The molecular weight excluding hydrogens is 206 g/mol. The summed E-state index contributed by atoms with van der Waals surface area (Å²) in [4.78, 5) is 10.7. The second kappa shape index (κ2) is 6.44. The molecule has 0 fully saturated rings. The molecule has 0 bridgehead atoms. The number of hydrogen-bond acceptors (Lipinski definition) is 4. The zero-order valence-electron chi connectivity index (χ0n) is 8.32. The number of rotatable bonds is 5. The molecule has 0 aliphatic carbocycles. The predicted molar refractivity (Wildman–Crippen MR) is 53.4 cm³/mol. The number of hydrogen-bond donors (Lipinski definition) is 1. The van der Waals surface area contributed by atoms with E-state index < -0.39 is 15.9 Å². The molecule has 0 aliphatic heterocycles. The average molecular weight is 221 g/mol. The second-order valence-electron chi connectivity index (χ2n) is 2.66. The molecule has 1 amide bonds. The van der Waals surface area contributed by atoms with Crippen molar-refractivity contribution >= 4 is 16.0 Å². The van der Waals surface area contributed by atoms with Gasteiger partial charge in [-0.25, -0.2) is 8.42 Å². The molecule has 1 atom stereocenters. The lowest BCUT2D eigenvalue weighted by molar-refractivity contribution is -0.117. The van der Waals surface area contributed by atoms with E-state index in [1.807, 2.05) is 0 Å². The van der Waals surface area contributed by atoms with Gasteiger partial charge in [0.25, 0.3) is 0 Å². The first-order valence-electron chi connectivity index (χ1n) is 3.71. The summed E-state index contributed by atoms with van der Waals surface area (Å²) in [6.45, 7) is 4.85. The van der Waals surface area contributed by atoms with Crippen LogP contribution in [0, 0.1) is 7.43 Å². The monoisotopic (exact) mass is 221 g/mol. The first-order chi connectivity index (χ1) is 5.85. The third-order valence-electron chi connectivity index (χ3n) is 1.37. The molecule has 0 aromatic rings. The van der Waals surface area contributed by atoms with Crippen molar-refractivity contribution < 1.29 is 17.8 Å². The summed E-state index contributed by atoms with van der Waals surface area (Å²) in [6.07, 6.45) is 1.20. The number of carbonyl (C=O) groups excluding carboxylic acids is 1. The van der Waals surface area contributed by atoms with Crippen LogP contribution in [-0.2, 0) is 14.9 Å². The van der Waals surface area contributed by atoms with Crippen LogP contribution in [0.15, 0.2) is 12.7 Å². The van der Waals surface area contributed by atoms with Gasteiger partial charge in [0.2, 0.25) is 5.91 Å². The summed E-state index contributed by atoms with van der Waals surface area (Å²) >= 11 is 0. The van der Waals surface area contributed by atoms with Crippen LogP contribution in [0.5, 0.6) is 0 Å². The Bertz CT molecular complexity index is 284. The lowest BCUT2D eigenvalue weighted by atomic mass is 10.2. The maximum Gasteiger partial charge on any atom is 0.243 e. The zero-order valence-corrected chi connectivity index (χ0v) is 9.13. The van der Waals surface area contributed by atoms with E-state index >= 15 is 0 Å². The van der Waals surface area contributed by atoms with Gasteiger partial charge in [-0.3, -0.25) is 4.79 Å². The molecule has 1 unspecified atom stereocenters. The molecule has 0 aromatic carbocycles. The van der Waals surface area contributed by atoms with Gasteiger partial charge in [-0.2, -0.15) is 0 Å². The molecule has 0 heterocycles. The summed E-state index contributed by atoms with van der Waals surface area (Å²) in [5.74, 6) is -0.846. The van der Waals surface area contributed by atoms with Crippen LogP contribution in [0.4, 0.5) is 0 Å². The number of carbonyl (C=O) groups is 1. The Hall–Kier alpha value is -1.01. The van der Waals surface area contributed by atoms with E-state index in [0.29, 0.717) is 0 Å². The van der Waals surface area contributed by atoms with Crippen LogP contribution in [0.3, 0.4) is 0 Å². The summed E-state index contributed by atoms with van der Waals surface area (Å²) in [5, 5.41) is 2.44. The molecule has 0 saturated heterocycles. The van der Waals surface area contributed by atoms with Crippen molar-refractivity contribution in [1.82, 2.24) is 5.32 Å². The Morgan fingerprint density at radius 1 is 1.64 bits per heavy atom. The SMILES string of the molecule is C=CC(=O)NC(C)CCS(=O)(=O)[O-].[CH3+]. The van der Waals surface area contributed by atoms with E-state index in [0.717, 1.165) is 6.08 Å². The van der Waals surface area contributed by atoms with Crippen LogP contribution in [-0.4, -0.2) is 30.7 Å². The normalized spacial score (nSPS) is 12.4. The van der Waals surface area contributed by atoms with Gasteiger partial charge < -0.3 is 9.87 Å². The van der Waals surface area contributed by atoms with Crippen LogP contribution in [0.1, 0.15) is 13.3 Å². The maximum atomic E-state index is 10.7. The standard InChI is InChI=1S/C7H13NO4S.CH3/c1-3-7(9)8-6(2)4-5-13(10,11)12;/h3,6H,1,4-5H2,2H3,(H,8,9)(H,10,11,12);1H3/q;+1/p-1. The molecule has 0 rings (SSSR count). The smallest absolute Gasteiger partial charge is 0.243 e. The molecule has 0 radical (unpaired) electrons. The Balaban J connectivity index is 0. The van der Waals surface area contributed by atoms with Crippen molar-refractivity contribution in [2.45, 2.75) is 19.4 Å². The highest BCUT2D eigenvalue weighted by atomic mass is 32.2. The fourth-order valence-electron chi connectivity index (χ4n) is 0.695. The lowest BCUT2D eigenvalue weighted by Crippen LogP contribution is -2.32. The van der Waals surface area contributed by atoms with Crippen LogP contribution >= 0.6 is 0 Å². The lowest BCUT2D eigenvalue weighted by Gasteiger charge is -2.13. The van der Waals surface area contributed by atoms with E-state index in [9.17, 15) is 17.8 Å². The predicted octanol–water partition coefficient (Wildman–Crippen LogP) is 0.0627. The van der Waals surface area contributed by atoms with E-state index in [2.05, 4.69) is 11.9 Å². The third-order valence-corrected chi connectivity index (χ3v) is 2.11. The van der Waals surface area contributed by atoms with Crippen LogP contribution < -0.4 is 5.32 Å². The Morgan fingerprint density at radius 3 is 2.50 bits per heavy atom. The minimum atomic E-state index is -4.19. The van der Waals surface area contributed by atoms with Gasteiger partial charge in [0.15, 0.2) is 0 Å². The highest BCUT2D eigenvalue weighted by molar-refractivity contribution is 7.85. The van der Waals surface area contributed by atoms with Crippen molar-refractivity contribution in [2.24, 2.45) is 0 Å². The van der Waals surface area contributed by atoms with Gasteiger partial charge in [-0.15, -0.1) is 0 Å². The largest absolute Gasteiger partial charge is 0.748 e. The number of amides is 1. The molecule has 1 N–H and O–H groups in total. The van der Waals surface area contributed by atoms with Crippen LogP contribution in [0.25, 0.3) is 0 Å². The van der Waals surface area contributed by atoms with Gasteiger partial charge in [0.1, 0.15) is 0 Å². The fourth-order valence-corrected chi connectivity index (χ4v) is 1.34. The molecule has 0 spiro atoms. The van der Waals surface area contributed by atoms with Gasteiger partial charge >= 0.3 is 0 Å². The Morgan fingerprint density at radius 2 is 2.14 bits per heavy atom. The maximum absolute atomic E-state index is 10.7. The van der Waals surface area contributed by atoms with E-state index in [1.54, 1.807) is 6.92 Å². The van der Waals surface area contributed by atoms with Crippen LogP contribution in [0.2, 0.25) is 0 Å². The Labute approximate surface area is 85.0 Å². The topological polar surface area (TPSA) is 86.3 Å². The Kier molecular flexibility index (Phi) is 7.12. The molecule has 6 heteroatoms. The van der Waals surface area contributed by atoms with E-state index in [4.69, 9.17) is 0 Å². The van der Waals surface area contributed by atoms with Gasteiger partial charge in [0.05, 0.1) is 10.1 Å². The van der Waals surface area contributed by atoms with Crippen molar-refractivity contribution in [3.63, 3.8) is 0 Å². The quantitative estimate of drug-likeness (QED) is 0.404. The van der Waals surface area contributed by atoms with Gasteiger partial charge in [-0.05, 0) is 19.4 Å². The van der Waals surface area contributed by atoms with Crippen molar-refractivity contribution in [1.29, 1.82) is 0 Å². The van der Waals surface area contributed by atoms with E-state index in [1.165, 1.54) is 0 Å². The summed E-state index contributed by atoms with van der Waals surface area (Å²) < 4.78 is 30.6. The molecule has 0 aliphatic rings. The fraction of sp³-hybridized carbons (Fsp3) is 0.500. The minimum absolute atomic E-state index is 0. The summed E-state index contributed by atoms with van der Waals surface area (Å²) in [6, 6.07) is -0.339. The van der Waals surface area contributed by atoms with Gasteiger partial charge in [0, 0.05) is 19.2 Å². The molecule has 14 heavy (non-hydrogen) atoms. The highest BCUT2D eigenvalue weighted by Gasteiger charge is 2.05. The molecular formula is C8H15NO4S. The summed E-state index contributed by atoms with van der Waals surface area (Å²) in [7, 11) is -4.19. The summed E-state index contributed by atoms with van der Waals surface area (Å²) in [5.41, 5.74) is 0.